The molecule has 6 nitrogen and oxygen atoms in total. The number of ether oxygens (including phenoxy) is 1. The van der Waals surface area contributed by atoms with Gasteiger partial charge in [0.1, 0.15) is 11.5 Å². The quantitative estimate of drug-likeness (QED) is 0.340. The van der Waals surface area contributed by atoms with E-state index in [1.807, 2.05) is 36.6 Å². The fourth-order valence-electron chi connectivity index (χ4n) is 2.78. The van der Waals surface area contributed by atoms with Crippen molar-refractivity contribution in [3.63, 3.8) is 0 Å². The number of rotatable bonds is 10. The van der Waals surface area contributed by atoms with Gasteiger partial charge in [-0.2, -0.15) is 4.89 Å². The van der Waals surface area contributed by atoms with Crippen LogP contribution in [0.25, 0.3) is 10.8 Å². The summed E-state index contributed by atoms with van der Waals surface area (Å²) >= 11 is 1.63. The summed E-state index contributed by atoms with van der Waals surface area (Å²) in [6, 6.07) is 9.76. The Morgan fingerprint density at radius 2 is 1.93 bits per heavy atom. The van der Waals surface area contributed by atoms with Gasteiger partial charge >= 0.3 is 5.97 Å². The Labute approximate surface area is 174 Å². The van der Waals surface area contributed by atoms with Gasteiger partial charge in [-0.15, -0.1) is 11.3 Å². The van der Waals surface area contributed by atoms with Crippen LogP contribution in [0.3, 0.4) is 0 Å². The molecule has 3 rings (SSSR count). The molecule has 0 radical (unpaired) electrons. The van der Waals surface area contributed by atoms with Crippen LogP contribution in [0.5, 0.6) is 5.75 Å². The Bertz CT molecular complexity index is 929. The highest BCUT2D eigenvalue weighted by Gasteiger charge is 2.14. The molecule has 0 fully saturated rings. The van der Waals surface area contributed by atoms with Crippen LogP contribution >= 0.6 is 11.3 Å². The van der Waals surface area contributed by atoms with E-state index in [1.165, 1.54) is 5.56 Å². The van der Waals surface area contributed by atoms with Crippen LogP contribution in [0, 0.1) is 13.8 Å². The molecule has 154 valence electrons. The van der Waals surface area contributed by atoms with Crippen LogP contribution in [0.1, 0.15) is 35.9 Å². The minimum atomic E-state index is -0.368. The Morgan fingerprint density at radius 1 is 1.14 bits per heavy atom. The maximum atomic E-state index is 11.5. The zero-order chi connectivity index (χ0) is 20.6. The molecule has 0 atom stereocenters. The third-order valence-corrected chi connectivity index (χ3v) is 5.37. The lowest BCUT2D eigenvalue weighted by Crippen LogP contribution is -2.06. The third kappa shape index (κ3) is 5.92. The highest BCUT2D eigenvalue weighted by atomic mass is 32.1. The van der Waals surface area contributed by atoms with Crippen LogP contribution < -0.4 is 4.74 Å². The molecule has 0 saturated heterocycles. The first-order chi connectivity index (χ1) is 14.1. The molecule has 0 saturated carbocycles. The second-order valence-corrected chi connectivity index (χ2v) is 7.48. The van der Waals surface area contributed by atoms with Gasteiger partial charge in [-0.3, -0.25) is 4.89 Å². The van der Waals surface area contributed by atoms with Gasteiger partial charge in [0, 0.05) is 6.42 Å². The first-order valence-corrected chi connectivity index (χ1v) is 10.5. The molecule has 0 N–H and O–H groups in total. The van der Waals surface area contributed by atoms with Gasteiger partial charge < -0.3 is 9.15 Å². The predicted octanol–water partition coefficient (Wildman–Crippen LogP) is 5.07. The normalized spacial score (nSPS) is 10.9. The van der Waals surface area contributed by atoms with Gasteiger partial charge in [0.05, 0.1) is 30.2 Å². The van der Waals surface area contributed by atoms with Gasteiger partial charge in [-0.1, -0.05) is 12.1 Å². The molecule has 0 aliphatic heterocycles. The molecule has 0 bridgehead atoms. The minimum absolute atomic E-state index is 0.275. The summed E-state index contributed by atoms with van der Waals surface area (Å²) < 4.78 is 11.7. The SMILES string of the molecule is CCOOC(=O)CCc1ccc(OCCc2nc(-c3sccc3C)oc2C)cc1. The van der Waals surface area contributed by atoms with E-state index < -0.39 is 0 Å². The van der Waals surface area contributed by atoms with E-state index in [1.54, 1.807) is 18.3 Å². The van der Waals surface area contributed by atoms with E-state index in [-0.39, 0.29) is 12.4 Å². The van der Waals surface area contributed by atoms with E-state index in [0.717, 1.165) is 27.6 Å². The van der Waals surface area contributed by atoms with Crippen LogP contribution in [0.4, 0.5) is 0 Å². The van der Waals surface area contributed by atoms with Gasteiger partial charge in [0.2, 0.25) is 5.89 Å². The number of aryl methyl sites for hydroxylation is 3. The molecule has 0 unspecified atom stereocenters. The minimum Gasteiger partial charge on any atom is -0.493 e. The van der Waals surface area contributed by atoms with Crippen molar-refractivity contribution in [3.8, 4) is 16.5 Å². The van der Waals surface area contributed by atoms with Crippen molar-refractivity contribution in [1.82, 2.24) is 4.98 Å². The van der Waals surface area contributed by atoms with Crippen molar-refractivity contribution in [3.05, 3.63) is 58.3 Å². The second kappa shape index (κ2) is 10.2. The highest BCUT2D eigenvalue weighted by molar-refractivity contribution is 7.13. The summed E-state index contributed by atoms with van der Waals surface area (Å²) in [5, 5.41) is 2.04. The summed E-state index contributed by atoms with van der Waals surface area (Å²) in [5.74, 6) is 1.91. The van der Waals surface area contributed by atoms with E-state index in [4.69, 9.17) is 9.15 Å². The lowest BCUT2D eigenvalue weighted by atomic mass is 10.1. The Balaban J connectivity index is 1.47. The number of carbonyl (C=O) groups is 1. The van der Waals surface area contributed by atoms with Crippen molar-refractivity contribution in [2.24, 2.45) is 0 Å². The number of aromatic nitrogens is 1. The van der Waals surface area contributed by atoms with Crippen molar-refractivity contribution >= 4 is 17.3 Å². The van der Waals surface area contributed by atoms with Gasteiger partial charge in [0.25, 0.3) is 0 Å². The summed E-state index contributed by atoms with van der Waals surface area (Å²) in [7, 11) is 0. The number of hydrogen-bond acceptors (Lipinski definition) is 7. The molecule has 0 spiro atoms. The number of thiophene rings is 1. The molecule has 2 aromatic heterocycles. The molecule has 0 aliphatic rings. The van der Waals surface area contributed by atoms with Crippen LogP contribution in [0.15, 0.2) is 40.1 Å². The largest absolute Gasteiger partial charge is 0.493 e. The standard InChI is InChI=1S/C22H25NO5S/c1-4-26-28-20(24)10-7-17-5-8-18(9-6-17)25-13-11-19-16(3)27-22(23-19)21-15(2)12-14-29-21/h5-6,8-9,12,14H,4,7,10-11,13H2,1-3H3. The van der Waals surface area contributed by atoms with Crippen molar-refractivity contribution < 1.29 is 23.7 Å². The molecule has 7 heteroatoms. The Kier molecular flexibility index (Phi) is 7.43. The lowest BCUT2D eigenvalue weighted by molar-refractivity contribution is -0.269. The topological polar surface area (TPSA) is 70.8 Å². The molecule has 3 aromatic rings. The van der Waals surface area contributed by atoms with Crippen molar-refractivity contribution in [2.45, 2.75) is 40.0 Å². The summed E-state index contributed by atoms with van der Waals surface area (Å²) in [4.78, 5) is 26.4. The number of benzene rings is 1. The van der Waals surface area contributed by atoms with Gasteiger partial charge in [-0.25, -0.2) is 9.78 Å². The first-order valence-electron chi connectivity index (χ1n) is 9.61. The second-order valence-electron chi connectivity index (χ2n) is 6.56. The monoisotopic (exact) mass is 415 g/mol. The number of carbonyl (C=O) groups excluding carboxylic acids is 1. The number of nitrogens with zero attached hydrogens (tertiary/aromatic N) is 1. The van der Waals surface area contributed by atoms with E-state index >= 15 is 0 Å². The number of oxazole rings is 1. The molecular formula is C22H25NO5S. The molecule has 29 heavy (non-hydrogen) atoms. The maximum absolute atomic E-state index is 11.5. The fraction of sp³-hybridized carbons (Fsp3) is 0.364. The van der Waals surface area contributed by atoms with E-state index in [0.29, 0.717) is 31.9 Å². The summed E-state index contributed by atoms with van der Waals surface area (Å²) in [5.41, 5.74) is 3.12. The van der Waals surface area contributed by atoms with Crippen LogP contribution in [-0.2, 0) is 27.4 Å². The summed E-state index contributed by atoms with van der Waals surface area (Å²) in [6.07, 6.45) is 1.54. The molecule has 0 amide bonds. The molecule has 2 heterocycles. The van der Waals surface area contributed by atoms with Crippen molar-refractivity contribution in [1.29, 1.82) is 0 Å². The van der Waals surface area contributed by atoms with Crippen LogP contribution in [0.2, 0.25) is 0 Å². The van der Waals surface area contributed by atoms with Gasteiger partial charge in [0.15, 0.2) is 0 Å². The first kappa shape index (κ1) is 21.1. The average Bonchev–Trinajstić information content (AvgIpc) is 3.31. The Morgan fingerprint density at radius 3 is 2.62 bits per heavy atom. The smallest absolute Gasteiger partial charge is 0.342 e. The maximum Gasteiger partial charge on any atom is 0.342 e. The predicted molar refractivity (Wildman–Crippen MR) is 111 cm³/mol. The zero-order valence-corrected chi connectivity index (χ0v) is 17.7. The van der Waals surface area contributed by atoms with E-state index in [2.05, 4.69) is 27.7 Å². The molecule has 1 aromatic carbocycles. The molecular weight excluding hydrogens is 390 g/mol. The summed E-state index contributed by atoms with van der Waals surface area (Å²) in [6.45, 7) is 6.61. The third-order valence-electron chi connectivity index (χ3n) is 4.37. The highest BCUT2D eigenvalue weighted by Crippen LogP contribution is 2.29. The zero-order valence-electron chi connectivity index (χ0n) is 16.9. The van der Waals surface area contributed by atoms with E-state index in [9.17, 15) is 4.79 Å². The van der Waals surface area contributed by atoms with Crippen LogP contribution in [-0.4, -0.2) is 24.2 Å². The fourth-order valence-corrected chi connectivity index (χ4v) is 3.63. The average molecular weight is 416 g/mol. The molecule has 0 aliphatic carbocycles. The van der Waals surface area contributed by atoms with Gasteiger partial charge in [-0.05, 0) is 61.9 Å². The number of hydrogen-bond donors (Lipinski definition) is 0. The Hall–Kier alpha value is -2.64. The van der Waals surface area contributed by atoms with Crippen molar-refractivity contribution in [2.75, 3.05) is 13.2 Å². The lowest BCUT2D eigenvalue weighted by Gasteiger charge is -2.07.